The predicted molar refractivity (Wildman–Crippen MR) is 106 cm³/mol. The first-order chi connectivity index (χ1) is 14.8. The van der Waals surface area contributed by atoms with E-state index in [9.17, 15) is 22.8 Å². The number of anilines is 1. The van der Waals surface area contributed by atoms with Crippen LogP contribution in [0.2, 0.25) is 0 Å². The first-order valence-corrected chi connectivity index (χ1v) is 9.77. The normalized spacial score (nSPS) is 23.7. The van der Waals surface area contributed by atoms with Gasteiger partial charge in [-0.05, 0) is 29.8 Å². The minimum atomic E-state index is -4.78. The Bertz CT molecular complexity index is 937. The first kappa shape index (κ1) is 21.1. The summed E-state index contributed by atoms with van der Waals surface area (Å²) < 4.78 is 40.8. The number of carbonyl (C=O) groups is 2. The van der Waals surface area contributed by atoms with E-state index < -0.39 is 12.3 Å². The van der Waals surface area contributed by atoms with Crippen molar-refractivity contribution in [3.63, 3.8) is 0 Å². The number of piperidine rings is 1. The minimum Gasteiger partial charge on any atom is -0.406 e. The molecule has 3 unspecified atom stereocenters. The van der Waals surface area contributed by atoms with Crippen LogP contribution in [-0.2, 0) is 16.1 Å². The number of halogens is 3. The Morgan fingerprint density at radius 2 is 1.81 bits per heavy atom. The Labute approximate surface area is 176 Å². The van der Waals surface area contributed by atoms with Gasteiger partial charge in [-0.3, -0.25) is 19.9 Å². The van der Waals surface area contributed by atoms with Crippen LogP contribution in [-0.4, -0.2) is 42.2 Å². The molecule has 2 aromatic carbocycles. The lowest BCUT2D eigenvalue weighted by molar-refractivity contribution is -0.274. The number of benzene rings is 2. The average Bonchev–Trinajstić information content (AvgIpc) is 3.09. The van der Waals surface area contributed by atoms with Crippen LogP contribution >= 0.6 is 0 Å². The zero-order valence-corrected chi connectivity index (χ0v) is 16.4. The number of rotatable bonds is 5. The zero-order valence-electron chi connectivity index (χ0n) is 16.4. The van der Waals surface area contributed by atoms with Crippen molar-refractivity contribution in [3.8, 4) is 5.75 Å². The van der Waals surface area contributed by atoms with Crippen molar-refractivity contribution in [1.82, 2.24) is 15.8 Å². The number of alkyl halides is 3. The van der Waals surface area contributed by atoms with Crippen LogP contribution in [0.25, 0.3) is 0 Å². The highest BCUT2D eigenvalue weighted by atomic mass is 19.4. The molecule has 31 heavy (non-hydrogen) atoms. The lowest BCUT2D eigenvalue weighted by atomic mass is 9.83. The molecule has 2 aliphatic rings. The van der Waals surface area contributed by atoms with Gasteiger partial charge in [0.2, 0.25) is 11.8 Å². The number of ether oxygens (including phenoxy) is 1. The Morgan fingerprint density at radius 1 is 1.10 bits per heavy atom. The summed E-state index contributed by atoms with van der Waals surface area (Å²) in [4.78, 5) is 27.3. The second-order valence-corrected chi connectivity index (χ2v) is 7.61. The third-order valence-electron chi connectivity index (χ3n) is 5.42. The maximum absolute atomic E-state index is 13.0. The van der Waals surface area contributed by atoms with Gasteiger partial charge in [0.1, 0.15) is 5.75 Å². The summed E-state index contributed by atoms with van der Waals surface area (Å²) in [5, 5.41) is 2.73. The minimum absolute atomic E-state index is 0.158. The molecule has 0 spiro atoms. The van der Waals surface area contributed by atoms with Gasteiger partial charge in [-0.15, -0.1) is 13.2 Å². The number of hydrogen-bond acceptors (Lipinski definition) is 5. The van der Waals surface area contributed by atoms with Gasteiger partial charge in [0, 0.05) is 25.3 Å². The molecule has 0 saturated carbocycles. The maximum Gasteiger partial charge on any atom is 0.573 e. The highest BCUT2D eigenvalue weighted by Gasteiger charge is 2.47. The molecule has 3 N–H and O–H groups in total. The summed E-state index contributed by atoms with van der Waals surface area (Å²) >= 11 is 0. The Morgan fingerprint density at radius 3 is 2.48 bits per heavy atom. The van der Waals surface area contributed by atoms with E-state index in [-0.39, 0.29) is 29.5 Å². The van der Waals surface area contributed by atoms with Crippen LogP contribution in [0.4, 0.5) is 18.9 Å². The first-order valence-electron chi connectivity index (χ1n) is 9.77. The quantitative estimate of drug-likeness (QED) is 0.673. The van der Waals surface area contributed by atoms with E-state index in [1.54, 1.807) is 0 Å². The van der Waals surface area contributed by atoms with E-state index in [1.807, 2.05) is 30.3 Å². The fourth-order valence-corrected chi connectivity index (χ4v) is 4.02. The predicted octanol–water partition coefficient (Wildman–Crippen LogP) is 2.27. The maximum atomic E-state index is 13.0. The molecule has 3 atom stereocenters. The number of nitrogens with one attached hydrogen (secondary N) is 3. The molecule has 10 heteroatoms. The van der Waals surface area contributed by atoms with Crippen molar-refractivity contribution in [2.75, 3.05) is 18.4 Å². The van der Waals surface area contributed by atoms with Crippen molar-refractivity contribution in [1.29, 1.82) is 0 Å². The molecule has 0 aromatic heterocycles. The van der Waals surface area contributed by atoms with Crippen LogP contribution in [0.5, 0.6) is 5.75 Å². The van der Waals surface area contributed by atoms with Gasteiger partial charge in [-0.25, -0.2) is 5.43 Å². The molecule has 2 amide bonds. The highest BCUT2D eigenvalue weighted by molar-refractivity contribution is 5.94. The number of hydrogen-bond donors (Lipinski definition) is 3. The van der Waals surface area contributed by atoms with E-state index in [0.717, 1.165) is 17.7 Å². The van der Waals surface area contributed by atoms with Crippen LogP contribution in [0.3, 0.4) is 0 Å². The Hall–Kier alpha value is -3.11. The molecular formula is C21H21F3N4O3. The van der Waals surface area contributed by atoms with Gasteiger partial charge in [0.25, 0.3) is 0 Å². The van der Waals surface area contributed by atoms with Gasteiger partial charge in [0.05, 0.1) is 17.9 Å². The summed E-state index contributed by atoms with van der Waals surface area (Å²) in [7, 11) is 0. The lowest BCUT2D eigenvalue weighted by Gasteiger charge is -2.38. The number of amides is 2. The SMILES string of the molecule is O=C1NNC2C1CN(Cc1ccccc1)CC2C(=O)Nc1ccc(OC(F)(F)F)cc1. The van der Waals surface area contributed by atoms with Crippen molar-refractivity contribution >= 4 is 17.5 Å². The van der Waals surface area contributed by atoms with Gasteiger partial charge in [0.15, 0.2) is 0 Å². The molecule has 0 radical (unpaired) electrons. The molecule has 0 aliphatic carbocycles. The van der Waals surface area contributed by atoms with Crippen LogP contribution in [0.15, 0.2) is 54.6 Å². The number of hydrazine groups is 1. The van der Waals surface area contributed by atoms with Crippen molar-refractivity contribution in [2.45, 2.75) is 18.9 Å². The second kappa shape index (κ2) is 8.56. The molecule has 7 nitrogen and oxygen atoms in total. The van der Waals surface area contributed by atoms with E-state index >= 15 is 0 Å². The largest absolute Gasteiger partial charge is 0.573 e. The molecule has 2 saturated heterocycles. The molecule has 4 rings (SSSR count). The van der Waals surface area contributed by atoms with E-state index in [2.05, 4.69) is 25.8 Å². The standard InChI is InChI=1S/C21H21F3N4O3/c22-21(23,24)31-15-8-6-14(7-9-15)25-19(29)16-11-28(10-13-4-2-1-3-5-13)12-17-18(16)26-27-20(17)30/h1-9,16-18,26H,10-12H2,(H,25,29)(H,27,30). The van der Waals surface area contributed by atoms with Gasteiger partial charge in [-0.1, -0.05) is 30.3 Å². The third kappa shape index (κ3) is 5.15. The fraction of sp³-hybridized carbons (Fsp3) is 0.333. The number of nitrogens with zero attached hydrogens (tertiary/aromatic N) is 1. The molecule has 2 aliphatic heterocycles. The average molecular weight is 434 g/mol. The van der Waals surface area contributed by atoms with Gasteiger partial charge < -0.3 is 10.1 Å². The lowest BCUT2D eigenvalue weighted by Crippen LogP contribution is -2.55. The molecule has 2 fully saturated rings. The van der Waals surface area contributed by atoms with Crippen LogP contribution < -0.4 is 20.9 Å². The van der Waals surface area contributed by atoms with Gasteiger partial charge in [-0.2, -0.15) is 0 Å². The summed E-state index contributed by atoms with van der Waals surface area (Å²) in [6.07, 6.45) is -4.78. The second-order valence-electron chi connectivity index (χ2n) is 7.61. The van der Waals surface area contributed by atoms with Crippen molar-refractivity contribution in [2.24, 2.45) is 11.8 Å². The fourth-order valence-electron chi connectivity index (χ4n) is 4.02. The van der Waals surface area contributed by atoms with E-state index in [4.69, 9.17) is 0 Å². The van der Waals surface area contributed by atoms with Crippen molar-refractivity contribution < 1.29 is 27.5 Å². The molecule has 2 heterocycles. The Kier molecular flexibility index (Phi) is 5.84. The number of fused-ring (bicyclic) bond motifs is 1. The smallest absolute Gasteiger partial charge is 0.406 e. The number of likely N-dealkylation sites (tertiary alicyclic amines) is 1. The zero-order chi connectivity index (χ0) is 22.0. The van der Waals surface area contributed by atoms with Gasteiger partial charge >= 0.3 is 6.36 Å². The molecule has 2 aromatic rings. The molecule has 164 valence electrons. The van der Waals surface area contributed by atoms with E-state index in [1.165, 1.54) is 12.1 Å². The van der Waals surface area contributed by atoms with Crippen LogP contribution in [0.1, 0.15) is 5.56 Å². The van der Waals surface area contributed by atoms with Crippen LogP contribution in [0, 0.1) is 11.8 Å². The number of carbonyl (C=O) groups excluding carboxylic acids is 2. The summed E-state index contributed by atoms with van der Waals surface area (Å²) in [5.41, 5.74) is 6.93. The van der Waals surface area contributed by atoms with Crippen molar-refractivity contribution in [3.05, 3.63) is 60.2 Å². The summed E-state index contributed by atoms with van der Waals surface area (Å²) in [6, 6.07) is 14.3. The third-order valence-corrected chi connectivity index (χ3v) is 5.42. The monoisotopic (exact) mass is 434 g/mol. The molecular weight excluding hydrogens is 413 g/mol. The summed E-state index contributed by atoms with van der Waals surface area (Å²) in [5.74, 6) is -1.76. The highest BCUT2D eigenvalue weighted by Crippen LogP contribution is 2.29. The topological polar surface area (TPSA) is 82.7 Å². The van der Waals surface area contributed by atoms with E-state index in [0.29, 0.717) is 25.3 Å². The Balaban J connectivity index is 1.45. The summed E-state index contributed by atoms with van der Waals surface area (Å²) in [6.45, 7) is 1.55. The molecule has 0 bridgehead atoms.